The van der Waals surface area contributed by atoms with Crippen molar-refractivity contribution in [2.75, 3.05) is 6.54 Å². The first-order valence-electron chi connectivity index (χ1n) is 8.47. The average Bonchev–Trinajstić information content (AvgIpc) is 3.12. The summed E-state index contributed by atoms with van der Waals surface area (Å²) < 4.78 is 29.7. The van der Waals surface area contributed by atoms with E-state index < -0.39 is 10.0 Å². The van der Waals surface area contributed by atoms with E-state index in [1.54, 1.807) is 23.0 Å². The van der Waals surface area contributed by atoms with Crippen LogP contribution in [0.15, 0.2) is 35.2 Å². The molecule has 3 rings (SSSR count). The minimum atomic E-state index is -3.48. The fraction of sp³-hybridized carbons (Fsp3) is 0.500. The van der Waals surface area contributed by atoms with Crippen LogP contribution in [-0.2, 0) is 23.5 Å². The number of nitrogens with zero attached hydrogens (tertiary/aromatic N) is 3. The molecule has 6 heteroatoms. The number of hydrogen-bond acceptors (Lipinski definition) is 3. The van der Waals surface area contributed by atoms with E-state index in [2.05, 4.69) is 17.2 Å². The Kier molecular flexibility index (Phi) is 4.78. The number of aromatic nitrogens is 2. The van der Waals surface area contributed by atoms with E-state index in [4.69, 9.17) is 0 Å². The smallest absolute Gasteiger partial charge is 0.246 e. The van der Waals surface area contributed by atoms with Gasteiger partial charge in [-0.3, -0.25) is 4.68 Å². The summed E-state index contributed by atoms with van der Waals surface area (Å²) >= 11 is 0. The number of benzene rings is 1. The van der Waals surface area contributed by atoms with E-state index in [-0.39, 0.29) is 6.04 Å². The van der Waals surface area contributed by atoms with Crippen molar-refractivity contribution in [2.24, 2.45) is 7.05 Å². The van der Waals surface area contributed by atoms with Gasteiger partial charge in [0.1, 0.15) is 4.90 Å². The van der Waals surface area contributed by atoms with Gasteiger partial charge >= 0.3 is 0 Å². The van der Waals surface area contributed by atoms with E-state index in [0.29, 0.717) is 22.8 Å². The second-order valence-electron chi connectivity index (χ2n) is 6.56. The van der Waals surface area contributed by atoms with Crippen LogP contribution >= 0.6 is 0 Å². The summed E-state index contributed by atoms with van der Waals surface area (Å²) in [7, 11) is -1.69. The maximum Gasteiger partial charge on any atom is 0.246 e. The molecule has 0 amide bonds. The molecule has 1 aliphatic rings. The van der Waals surface area contributed by atoms with Gasteiger partial charge in [0.15, 0.2) is 0 Å². The zero-order valence-electron chi connectivity index (χ0n) is 14.6. The van der Waals surface area contributed by atoms with Crippen LogP contribution in [0.4, 0.5) is 0 Å². The highest BCUT2D eigenvalue weighted by Gasteiger charge is 2.37. The number of hydrogen-bond donors (Lipinski definition) is 0. The molecule has 1 fully saturated rings. The molecule has 0 spiro atoms. The summed E-state index contributed by atoms with van der Waals surface area (Å²) in [4.78, 5) is 0.386. The highest BCUT2D eigenvalue weighted by atomic mass is 32.2. The standard InChI is InChI=1S/C18H25N3O2S/c1-14-18(15(2)20(3)19-14)24(22,23)21-13-7-10-17(21)12-11-16-8-5-4-6-9-16/h4-6,8-9,17H,7,10-13H2,1-3H3/t17-/m1/s1. The van der Waals surface area contributed by atoms with E-state index in [1.807, 2.05) is 25.1 Å². The third-order valence-electron chi connectivity index (χ3n) is 4.94. The van der Waals surface area contributed by atoms with Crippen LogP contribution in [0.5, 0.6) is 0 Å². The van der Waals surface area contributed by atoms with Crippen molar-refractivity contribution >= 4 is 10.0 Å². The molecule has 0 radical (unpaired) electrons. The van der Waals surface area contributed by atoms with Crippen molar-refractivity contribution in [3.05, 3.63) is 47.3 Å². The molecular weight excluding hydrogens is 322 g/mol. The van der Waals surface area contributed by atoms with Gasteiger partial charge in [-0.15, -0.1) is 0 Å². The molecule has 130 valence electrons. The highest BCUT2D eigenvalue weighted by molar-refractivity contribution is 7.89. The third kappa shape index (κ3) is 3.13. The van der Waals surface area contributed by atoms with E-state index in [1.165, 1.54) is 5.56 Å². The van der Waals surface area contributed by atoms with Crippen LogP contribution in [-0.4, -0.2) is 35.1 Å². The van der Waals surface area contributed by atoms with Crippen LogP contribution in [0, 0.1) is 13.8 Å². The molecule has 1 aromatic carbocycles. The lowest BCUT2D eigenvalue weighted by atomic mass is 10.0. The second-order valence-corrected chi connectivity index (χ2v) is 8.39. The quantitative estimate of drug-likeness (QED) is 0.836. The van der Waals surface area contributed by atoms with Gasteiger partial charge in [0.25, 0.3) is 0 Å². The highest BCUT2D eigenvalue weighted by Crippen LogP contribution is 2.31. The molecule has 1 aromatic heterocycles. The largest absolute Gasteiger partial charge is 0.271 e. The molecule has 0 saturated carbocycles. The van der Waals surface area contributed by atoms with E-state index in [0.717, 1.165) is 25.7 Å². The molecule has 0 unspecified atom stereocenters. The molecule has 1 saturated heterocycles. The van der Waals surface area contributed by atoms with Gasteiger partial charge in [-0.1, -0.05) is 30.3 Å². The number of aryl methyl sites for hydroxylation is 3. The Labute approximate surface area is 144 Å². The van der Waals surface area contributed by atoms with Crippen LogP contribution in [0.2, 0.25) is 0 Å². The van der Waals surface area contributed by atoms with Crippen molar-refractivity contribution in [2.45, 2.75) is 50.5 Å². The molecule has 24 heavy (non-hydrogen) atoms. The summed E-state index contributed by atoms with van der Waals surface area (Å²) in [5.74, 6) is 0. The second kappa shape index (κ2) is 6.69. The topological polar surface area (TPSA) is 55.2 Å². The van der Waals surface area contributed by atoms with Gasteiger partial charge in [-0.25, -0.2) is 8.42 Å². The molecular formula is C18H25N3O2S. The summed E-state index contributed by atoms with van der Waals surface area (Å²) in [6, 6.07) is 10.3. The normalized spacial score (nSPS) is 19.0. The van der Waals surface area contributed by atoms with Crippen molar-refractivity contribution in [3.8, 4) is 0 Å². The molecule has 2 aromatic rings. The maximum absolute atomic E-state index is 13.2. The number of sulfonamides is 1. The Hall–Kier alpha value is -1.66. The first-order valence-corrected chi connectivity index (χ1v) is 9.91. The van der Waals surface area contributed by atoms with E-state index in [9.17, 15) is 8.42 Å². The Balaban J connectivity index is 1.81. The minimum absolute atomic E-state index is 0.0780. The minimum Gasteiger partial charge on any atom is -0.271 e. The zero-order chi connectivity index (χ0) is 17.3. The first kappa shape index (κ1) is 17.2. The Bertz CT molecular complexity index is 812. The van der Waals surface area contributed by atoms with Gasteiger partial charge in [-0.2, -0.15) is 9.40 Å². The van der Waals surface area contributed by atoms with Crippen LogP contribution in [0.1, 0.15) is 36.2 Å². The molecule has 2 heterocycles. The van der Waals surface area contributed by atoms with Gasteiger partial charge in [-0.05, 0) is 45.1 Å². The number of rotatable bonds is 5. The van der Waals surface area contributed by atoms with Crippen molar-refractivity contribution in [1.29, 1.82) is 0 Å². The van der Waals surface area contributed by atoms with Gasteiger partial charge in [0.2, 0.25) is 10.0 Å². The Morgan fingerprint density at radius 3 is 2.54 bits per heavy atom. The van der Waals surface area contributed by atoms with Crippen molar-refractivity contribution in [3.63, 3.8) is 0 Å². The van der Waals surface area contributed by atoms with Gasteiger partial charge in [0.05, 0.1) is 11.4 Å². The van der Waals surface area contributed by atoms with Crippen LogP contribution in [0.25, 0.3) is 0 Å². The fourth-order valence-electron chi connectivity index (χ4n) is 3.64. The molecule has 0 N–H and O–H groups in total. The third-order valence-corrected chi connectivity index (χ3v) is 7.15. The molecule has 5 nitrogen and oxygen atoms in total. The van der Waals surface area contributed by atoms with Gasteiger partial charge in [0, 0.05) is 19.6 Å². The maximum atomic E-state index is 13.2. The van der Waals surface area contributed by atoms with Crippen LogP contribution in [0.3, 0.4) is 0 Å². The monoisotopic (exact) mass is 347 g/mol. The van der Waals surface area contributed by atoms with Crippen molar-refractivity contribution in [1.82, 2.24) is 14.1 Å². The molecule has 1 atom stereocenters. The average molecular weight is 347 g/mol. The summed E-state index contributed by atoms with van der Waals surface area (Å²) in [6.45, 7) is 4.20. The summed E-state index contributed by atoms with van der Waals surface area (Å²) in [5.41, 5.74) is 2.56. The summed E-state index contributed by atoms with van der Waals surface area (Å²) in [5, 5.41) is 4.28. The lowest BCUT2D eigenvalue weighted by Gasteiger charge is -2.24. The lowest BCUT2D eigenvalue weighted by molar-refractivity contribution is 0.370. The predicted molar refractivity (Wildman–Crippen MR) is 94.4 cm³/mol. The van der Waals surface area contributed by atoms with Crippen LogP contribution < -0.4 is 0 Å². The first-order chi connectivity index (χ1) is 11.4. The lowest BCUT2D eigenvalue weighted by Crippen LogP contribution is -2.36. The van der Waals surface area contributed by atoms with Gasteiger partial charge < -0.3 is 0 Å². The Morgan fingerprint density at radius 2 is 1.92 bits per heavy atom. The van der Waals surface area contributed by atoms with E-state index >= 15 is 0 Å². The molecule has 0 bridgehead atoms. The predicted octanol–water partition coefficient (Wildman–Crippen LogP) is 2.82. The Morgan fingerprint density at radius 1 is 1.21 bits per heavy atom. The SMILES string of the molecule is Cc1nn(C)c(C)c1S(=O)(=O)N1CCC[C@@H]1CCc1ccccc1. The zero-order valence-corrected chi connectivity index (χ0v) is 15.4. The molecule has 1 aliphatic heterocycles. The summed E-state index contributed by atoms with van der Waals surface area (Å²) in [6.07, 6.45) is 3.63. The fourth-order valence-corrected chi connectivity index (χ4v) is 5.76. The molecule has 0 aliphatic carbocycles. The van der Waals surface area contributed by atoms with Crippen molar-refractivity contribution < 1.29 is 8.42 Å².